The predicted octanol–water partition coefficient (Wildman–Crippen LogP) is 4.35. The van der Waals surface area contributed by atoms with Gasteiger partial charge in [-0.3, -0.25) is 9.36 Å². The number of aromatic nitrogens is 3. The Morgan fingerprint density at radius 3 is 2.74 bits per heavy atom. The van der Waals surface area contributed by atoms with Gasteiger partial charge in [0.05, 0.1) is 11.4 Å². The first-order valence-electron chi connectivity index (χ1n) is 7.47. The van der Waals surface area contributed by atoms with Crippen LogP contribution in [0.25, 0.3) is 16.5 Å². The van der Waals surface area contributed by atoms with Crippen LogP contribution in [0, 0.1) is 0 Å². The standard InChI is InChI=1S/C17H14IN3OS/c18-16(22)9-23-17-20-19-10-21(17)15-8-7-12(11-5-6-11)13-3-1-2-4-14(13)15/h1-4,7-8,10-11H,5-6,9H2. The molecule has 0 aliphatic heterocycles. The molecular weight excluding hydrogens is 421 g/mol. The van der Waals surface area contributed by atoms with Crippen LogP contribution in [-0.2, 0) is 4.79 Å². The van der Waals surface area contributed by atoms with E-state index in [9.17, 15) is 4.79 Å². The Bertz CT molecular complexity index is 888. The summed E-state index contributed by atoms with van der Waals surface area (Å²) in [5.41, 5.74) is 2.51. The Hall–Kier alpha value is -1.41. The monoisotopic (exact) mass is 435 g/mol. The fourth-order valence-electron chi connectivity index (χ4n) is 2.88. The van der Waals surface area contributed by atoms with Gasteiger partial charge in [0, 0.05) is 28.0 Å². The quantitative estimate of drug-likeness (QED) is 0.340. The maximum Gasteiger partial charge on any atom is 0.202 e. The molecular formula is C17H14IN3OS. The normalized spacial score (nSPS) is 14.3. The molecule has 1 aliphatic carbocycles. The largest absolute Gasteiger partial charge is 0.287 e. The highest BCUT2D eigenvalue weighted by Gasteiger charge is 2.26. The van der Waals surface area contributed by atoms with Gasteiger partial charge in [0.15, 0.2) is 5.16 Å². The first kappa shape index (κ1) is 15.1. The first-order chi connectivity index (χ1) is 11.2. The summed E-state index contributed by atoms with van der Waals surface area (Å²) in [6.45, 7) is 0. The highest BCUT2D eigenvalue weighted by atomic mass is 127. The van der Waals surface area contributed by atoms with Crippen LogP contribution in [0.5, 0.6) is 0 Å². The van der Waals surface area contributed by atoms with Gasteiger partial charge in [-0.2, -0.15) is 0 Å². The third-order valence-electron chi connectivity index (χ3n) is 4.04. The van der Waals surface area contributed by atoms with Crippen molar-refractivity contribution in [3.05, 3.63) is 48.3 Å². The van der Waals surface area contributed by atoms with Crippen molar-refractivity contribution in [1.82, 2.24) is 14.8 Å². The van der Waals surface area contributed by atoms with Crippen LogP contribution in [-0.4, -0.2) is 24.3 Å². The van der Waals surface area contributed by atoms with E-state index in [-0.39, 0.29) is 3.79 Å². The van der Waals surface area contributed by atoms with Gasteiger partial charge in [0.25, 0.3) is 0 Å². The molecule has 0 spiro atoms. The lowest BCUT2D eigenvalue weighted by Gasteiger charge is -2.12. The van der Waals surface area contributed by atoms with Crippen LogP contribution in [0.4, 0.5) is 0 Å². The van der Waals surface area contributed by atoms with Gasteiger partial charge in [0.1, 0.15) is 6.33 Å². The fourth-order valence-corrected chi connectivity index (χ4v) is 3.98. The topological polar surface area (TPSA) is 47.8 Å². The number of thioether (sulfide) groups is 1. The second kappa shape index (κ2) is 6.24. The molecule has 0 amide bonds. The summed E-state index contributed by atoms with van der Waals surface area (Å²) in [4.78, 5) is 11.2. The molecule has 0 unspecified atom stereocenters. The van der Waals surface area contributed by atoms with Crippen LogP contribution in [0.2, 0.25) is 0 Å². The smallest absolute Gasteiger partial charge is 0.202 e. The van der Waals surface area contributed by atoms with E-state index in [2.05, 4.69) is 46.6 Å². The third-order valence-corrected chi connectivity index (χ3v) is 5.88. The highest BCUT2D eigenvalue weighted by molar-refractivity contribution is 14.1. The molecule has 1 aromatic heterocycles. The molecule has 0 bridgehead atoms. The maximum absolute atomic E-state index is 11.2. The summed E-state index contributed by atoms with van der Waals surface area (Å²) in [5.74, 6) is 1.11. The van der Waals surface area contributed by atoms with Crippen molar-refractivity contribution in [3.63, 3.8) is 0 Å². The van der Waals surface area contributed by atoms with Crippen LogP contribution < -0.4 is 0 Å². The van der Waals surface area contributed by atoms with Gasteiger partial charge in [-0.15, -0.1) is 10.2 Å². The van der Waals surface area contributed by atoms with E-state index in [4.69, 9.17) is 0 Å². The lowest BCUT2D eigenvalue weighted by atomic mass is 9.99. The average Bonchev–Trinajstić information content (AvgIpc) is 3.30. The molecule has 3 aromatic rings. The molecule has 0 saturated heterocycles. The lowest BCUT2D eigenvalue weighted by Crippen LogP contribution is -1.99. The van der Waals surface area contributed by atoms with Crippen LogP contribution in [0.3, 0.4) is 0 Å². The third kappa shape index (κ3) is 3.01. The second-order valence-electron chi connectivity index (χ2n) is 5.62. The molecule has 1 saturated carbocycles. The van der Waals surface area contributed by atoms with Crippen LogP contribution in [0.1, 0.15) is 24.3 Å². The Kier molecular flexibility index (Phi) is 4.11. The number of nitrogens with zero attached hydrogens (tertiary/aromatic N) is 3. The number of fused-ring (bicyclic) bond motifs is 1. The van der Waals surface area contributed by atoms with Gasteiger partial charge < -0.3 is 0 Å². The molecule has 6 heteroatoms. The van der Waals surface area contributed by atoms with E-state index >= 15 is 0 Å². The molecule has 116 valence electrons. The van der Waals surface area contributed by atoms with E-state index in [0.29, 0.717) is 11.7 Å². The molecule has 0 radical (unpaired) electrons. The van der Waals surface area contributed by atoms with Gasteiger partial charge in [-0.1, -0.05) is 42.1 Å². The zero-order valence-electron chi connectivity index (χ0n) is 12.3. The summed E-state index contributed by atoms with van der Waals surface area (Å²) in [6.07, 6.45) is 4.29. The highest BCUT2D eigenvalue weighted by Crippen LogP contribution is 2.44. The molecule has 4 nitrogen and oxygen atoms in total. The number of hydrogen-bond acceptors (Lipinski definition) is 4. The van der Waals surface area contributed by atoms with Crippen molar-refractivity contribution in [1.29, 1.82) is 0 Å². The van der Waals surface area contributed by atoms with Crippen molar-refractivity contribution < 1.29 is 4.79 Å². The van der Waals surface area contributed by atoms with E-state index < -0.39 is 0 Å². The Morgan fingerprint density at radius 2 is 2.00 bits per heavy atom. The van der Waals surface area contributed by atoms with E-state index in [1.165, 1.54) is 40.9 Å². The molecule has 0 atom stereocenters. The summed E-state index contributed by atoms with van der Waals surface area (Å²) in [5, 5.41) is 11.5. The second-order valence-corrected chi connectivity index (χ2v) is 7.77. The van der Waals surface area contributed by atoms with E-state index in [1.807, 2.05) is 27.2 Å². The Balaban J connectivity index is 1.82. The fraction of sp³-hybridized carbons (Fsp3) is 0.235. The zero-order valence-corrected chi connectivity index (χ0v) is 15.3. The van der Waals surface area contributed by atoms with E-state index in [0.717, 1.165) is 10.8 Å². The molecule has 1 aliphatic rings. The van der Waals surface area contributed by atoms with Crippen LogP contribution in [0.15, 0.2) is 47.9 Å². The van der Waals surface area contributed by atoms with Gasteiger partial charge in [0.2, 0.25) is 3.79 Å². The van der Waals surface area contributed by atoms with Gasteiger partial charge in [-0.05, 0) is 35.8 Å². The summed E-state index contributed by atoms with van der Waals surface area (Å²) >= 11 is 3.23. The number of hydrogen-bond donors (Lipinski definition) is 0. The molecule has 4 rings (SSSR count). The molecule has 23 heavy (non-hydrogen) atoms. The molecule has 1 fully saturated rings. The number of benzene rings is 2. The van der Waals surface area contributed by atoms with Crippen LogP contribution >= 0.6 is 34.4 Å². The Morgan fingerprint density at radius 1 is 1.22 bits per heavy atom. The molecule has 0 N–H and O–H groups in total. The maximum atomic E-state index is 11.2. The average molecular weight is 435 g/mol. The minimum Gasteiger partial charge on any atom is -0.287 e. The molecule has 2 aromatic carbocycles. The zero-order chi connectivity index (χ0) is 15.8. The molecule has 1 heterocycles. The predicted molar refractivity (Wildman–Crippen MR) is 101 cm³/mol. The van der Waals surface area contributed by atoms with Crippen molar-refractivity contribution in [2.45, 2.75) is 23.9 Å². The number of halogens is 1. The van der Waals surface area contributed by atoms with Gasteiger partial charge >= 0.3 is 0 Å². The summed E-state index contributed by atoms with van der Waals surface area (Å²) < 4.78 is 2.08. The van der Waals surface area contributed by atoms with Gasteiger partial charge in [-0.25, -0.2) is 0 Å². The minimum atomic E-state index is 0.107. The van der Waals surface area contributed by atoms with Crippen molar-refractivity contribution in [2.75, 3.05) is 5.75 Å². The minimum absolute atomic E-state index is 0.107. The number of carbonyl (C=O) groups is 1. The lowest BCUT2D eigenvalue weighted by molar-refractivity contribution is -0.107. The SMILES string of the molecule is O=C(I)CSc1nncn1-c1ccc(C2CC2)c2ccccc12. The van der Waals surface area contributed by atoms with Crippen molar-refractivity contribution in [3.8, 4) is 5.69 Å². The number of carbonyl (C=O) groups excluding carboxylic acids is 1. The van der Waals surface area contributed by atoms with Crippen molar-refractivity contribution in [2.24, 2.45) is 0 Å². The Labute approximate surface area is 151 Å². The van der Waals surface area contributed by atoms with E-state index in [1.54, 1.807) is 6.33 Å². The van der Waals surface area contributed by atoms with Crippen molar-refractivity contribution >= 4 is 48.9 Å². The first-order valence-corrected chi connectivity index (χ1v) is 9.53. The number of rotatable bonds is 5. The summed E-state index contributed by atoms with van der Waals surface area (Å²) in [7, 11) is 0. The summed E-state index contributed by atoms with van der Waals surface area (Å²) in [6, 6.07) is 12.9.